The lowest BCUT2D eigenvalue weighted by Crippen LogP contribution is -2.49. The molecule has 0 spiro atoms. The fourth-order valence-corrected chi connectivity index (χ4v) is 4.33. The zero-order valence-corrected chi connectivity index (χ0v) is 19.7. The first-order chi connectivity index (χ1) is 15.7. The van der Waals surface area contributed by atoms with Gasteiger partial charge in [0.15, 0.2) is 22.4 Å². The van der Waals surface area contributed by atoms with E-state index in [0.29, 0.717) is 5.13 Å². The van der Waals surface area contributed by atoms with E-state index >= 15 is 4.39 Å². The highest BCUT2D eigenvalue weighted by Gasteiger charge is 2.36. The molecular weight excluding hydrogens is 491 g/mol. The first-order valence-electron chi connectivity index (χ1n) is 9.94. The Morgan fingerprint density at radius 3 is 2.74 bits per heavy atom. The van der Waals surface area contributed by atoms with Gasteiger partial charge >= 0.3 is 5.97 Å². The molecule has 11 nitrogen and oxygen atoms in total. The molecule has 1 fully saturated rings. The number of nitrogens with one attached hydrogen (secondary N) is 1. The maximum atomic E-state index is 15.1. The average molecular weight is 513 g/mol. The molecule has 4 heterocycles. The second-order valence-corrected chi connectivity index (χ2v) is 8.48. The Hall–Kier alpha value is -3.13. The largest absolute Gasteiger partial charge is 0.477 e. The van der Waals surface area contributed by atoms with Crippen molar-refractivity contribution < 1.29 is 23.8 Å². The minimum atomic E-state index is -1.44. The third-order valence-corrected chi connectivity index (χ3v) is 6.15. The Kier molecular flexibility index (Phi) is 7.51. The summed E-state index contributed by atoms with van der Waals surface area (Å²) in [5.74, 6) is -2.67. The summed E-state index contributed by atoms with van der Waals surface area (Å²) >= 11 is 1.20. The molecule has 3 atom stereocenters. The molecule has 3 aromatic heterocycles. The van der Waals surface area contributed by atoms with E-state index in [-0.39, 0.29) is 48.3 Å². The quantitative estimate of drug-likeness (QED) is 0.434. The minimum Gasteiger partial charge on any atom is -0.477 e. The highest BCUT2D eigenvalue weighted by atomic mass is 35.5. The van der Waals surface area contributed by atoms with Crippen LogP contribution in [0.4, 0.5) is 10.2 Å². The van der Waals surface area contributed by atoms with Crippen molar-refractivity contribution in [1.29, 1.82) is 0 Å². The first-order valence-corrected chi connectivity index (χ1v) is 10.8. The molecule has 1 saturated heterocycles. The van der Waals surface area contributed by atoms with E-state index in [1.807, 2.05) is 0 Å². The van der Waals surface area contributed by atoms with Gasteiger partial charge in [0.1, 0.15) is 5.56 Å². The lowest BCUT2D eigenvalue weighted by Gasteiger charge is -2.20. The summed E-state index contributed by atoms with van der Waals surface area (Å²) in [4.78, 5) is 46.5. The van der Waals surface area contributed by atoms with Gasteiger partial charge in [0.05, 0.1) is 23.6 Å². The van der Waals surface area contributed by atoms with Crippen molar-refractivity contribution in [2.45, 2.75) is 25.1 Å². The molecule has 14 heteroatoms. The number of thiazole rings is 1. The van der Waals surface area contributed by atoms with E-state index < -0.39 is 41.0 Å². The molecule has 34 heavy (non-hydrogen) atoms. The highest BCUT2D eigenvalue weighted by Crippen LogP contribution is 2.27. The van der Waals surface area contributed by atoms with Crippen molar-refractivity contribution in [3.63, 3.8) is 0 Å². The second-order valence-electron chi connectivity index (χ2n) is 7.61. The Morgan fingerprint density at radius 2 is 2.15 bits per heavy atom. The van der Waals surface area contributed by atoms with Crippen molar-refractivity contribution in [1.82, 2.24) is 19.9 Å². The van der Waals surface area contributed by atoms with Crippen molar-refractivity contribution in [2.24, 2.45) is 5.73 Å². The molecule has 4 rings (SSSR count). The number of carboxylic acid groups (broad SMARTS) is 1. The van der Waals surface area contributed by atoms with Crippen LogP contribution in [0.3, 0.4) is 0 Å². The number of methoxy groups -OCH3 is 1. The van der Waals surface area contributed by atoms with Gasteiger partial charge in [0, 0.05) is 38.0 Å². The molecule has 0 aromatic carbocycles. The average Bonchev–Trinajstić information content (AvgIpc) is 3.43. The number of ether oxygens (including phenoxy) is 1. The standard InChI is InChI=1S/C20H21FN6O5S.ClH/c1-9(22)18(29)24-13-7-26(8-14(13)32-2)17-12(21)5-10-15(28)11(19(30)31)6-27(16(10)25-17)20-23-3-4-33-20;/h3-6,9,13-14H,7-8,22H2,1-2H3,(H,24,29)(H,30,31);1H/t9-,13+,14+;/m0./s1. The number of carbonyl (C=O) groups excluding carboxylic acids is 1. The number of nitrogens with two attached hydrogens (primary N) is 1. The summed E-state index contributed by atoms with van der Waals surface area (Å²) in [6, 6.07) is -0.198. The Balaban J connectivity index is 0.00000324. The molecule has 1 amide bonds. The van der Waals surface area contributed by atoms with Crippen LogP contribution < -0.4 is 21.4 Å². The van der Waals surface area contributed by atoms with Crippen LogP contribution in [0.1, 0.15) is 17.3 Å². The summed E-state index contributed by atoms with van der Waals surface area (Å²) in [7, 11) is 1.48. The summed E-state index contributed by atoms with van der Waals surface area (Å²) in [5, 5.41) is 14.1. The number of carboxylic acids is 1. The van der Waals surface area contributed by atoms with Crippen LogP contribution in [-0.2, 0) is 9.53 Å². The molecule has 0 unspecified atom stereocenters. The molecule has 0 bridgehead atoms. The second kappa shape index (κ2) is 10.0. The van der Waals surface area contributed by atoms with Gasteiger partial charge in [0.2, 0.25) is 11.3 Å². The van der Waals surface area contributed by atoms with E-state index in [1.165, 1.54) is 29.2 Å². The molecule has 0 saturated carbocycles. The number of rotatable bonds is 6. The number of fused-ring (bicyclic) bond motifs is 1. The zero-order chi connectivity index (χ0) is 23.9. The number of anilines is 1. The van der Waals surface area contributed by atoms with Gasteiger partial charge in [-0.3, -0.25) is 14.2 Å². The number of pyridine rings is 2. The summed E-state index contributed by atoms with van der Waals surface area (Å²) in [6.45, 7) is 1.98. The third-order valence-electron chi connectivity index (χ3n) is 5.38. The smallest absolute Gasteiger partial charge is 0.341 e. The van der Waals surface area contributed by atoms with E-state index in [9.17, 15) is 19.5 Å². The number of halogens is 2. The van der Waals surface area contributed by atoms with E-state index in [0.717, 1.165) is 12.3 Å². The van der Waals surface area contributed by atoms with Crippen LogP contribution in [0.2, 0.25) is 0 Å². The predicted molar refractivity (Wildman–Crippen MR) is 126 cm³/mol. The molecule has 0 aliphatic carbocycles. The van der Waals surface area contributed by atoms with E-state index in [2.05, 4.69) is 15.3 Å². The molecule has 182 valence electrons. The Labute approximate surface area is 202 Å². The third kappa shape index (κ3) is 4.59. The predicted octanol–water partition coefficient (Wildman–Crippen LogP) is 0.768. The zero-order valence-electron chi connectivity index (χ0n) is 18.1. The Bertz CT molecular complexity index is 1280. The minimum absolute atomic E-state index is 0. The molecule has 1 aliphatic heterocycles. The number of aromatic carboxylic acids is 1. The summed E-state index contributed by atoms with van der Waals surface area (Å²) in [5.41, 5.74) is 4.32. The normalized spacial score (nSPS) is 18.5. The van der Waals surface area contributed by atoms with Gasteiger partial charge in [-0.05, 0) is 13.0 Å². The van der Waals surface area contributed by atoms with Crippen molar-refractivity contribution >= 4 is 52.5 Å². The molecular formula is C20H22ClFN6O5S. The van der Waals surface area contributed by atoms with Crippen LogP contribution in [0, 0.1) is 5.82 Å². The van der Waals surface area contributed by atoms with Crippen molar-refractivity contribution in [3.05, 3.63) is 45.4 Å². The van der Waals surface area contributed by atoms with Crippen molar-refractivity contribution in [2.75, 3.05) is 25.1 Å². The van der Waals surface area contributed by atoms with E-state index in [1.54, 1.807) is 17.2 Å². The van der Waals surface area contributed by atoms with Crippen LogP contribution in [-0.4, -0.2) is 69.9 Å². The monoisotopic (exact) mass is 512 g/mol. The molecule has 0 radical (unpaired) electrons. The van der Waals surface area contributed by atoms with Gasteiger partial charge in [-0.25, -0.2) is 19.2 Å². The highest BCUT2D eigenvalue weighted by molar-refractivity contribution is 7.12. The molecule has 1 aliphatic rings. The maximum absolute atomic E-state index is 15.1. The molecule has 3 aromatic rings. The van der Waals surface area contributed by atoms with Gasteiger partial charge in [-0.2, -0.15) is 0 Å². The van der Waals surface area contributed by atoms with Crippen LogP contribution in [0.5, 0.6) is 0 Å². The van der Waals surface area contributed by atoms with Crippen LogP contribution >= 0.6 is 23.7 Å². The van der Waals surface area contributed by atoms with Crippen LogP contribution in [0.25, 0.3) is 16.2 Å². The Morgan fingerprint density at radius 1 is 1.41 bits per heavy atom. The summed E-state index contributed by atoms with van der Waals surface area (Å²) < 4.78 is 22.0. The van der Waals surface area contributed by atoms with Gasteiger partial charge in [-0.15, -0.1) is 23.7 Å². The van der Waals surface area contributed by atoms with Crippen LogP contribution in [0.15, 0.2) is 28.6 Å². The fourth-order valence-electron chi connectivity index (χ4n) is 3.71. The number of carbonyl (C=O) groups is 2. The topological polar surface area (TPSA) is 153 Å². The van der Waals surface area contributed by atoms with Crippen molar-refractivity contribution in [3.8, 4) is 5.13 Å². The lowest BCUT2D eigenvalue weighted by atomic mass is 10.2. The van der Waals surface area contributed by atoms with E-state index in [4.69, 9.17) is 10.5 Å². The fraction of sp³-hybridized carbons (Fsp3) is 0.350. The number of amides is 1. The molecule has 4 N–H and O–H groups in total. The SMILES string of the molecule is CO[C@@H]1CN(c2nc3c(cc2F)c(=O)c(C(=O)O)cn3-c2nccs2)C[C@H]1NC(=O)[C@H](C)N.Cl. The lowest BCUT2D eigenvalue weighted by molar-refractivity contribution is -0.123. The number of nitrogens with zero attached hydrogens (tertiary/aromatic N) is 4. The number of hydrogen-bond acceptors (Lipinski definition) is 9. The van der Waals surface area contributed by atoms with Gasteiger partial charge < -0.3 is 25.8 Å². The van der Waals surface area contributed by atoms with Gasteiger partial charge in [0.25, 0.3) is 0 Å². The summed E-state index contributed by atoms with van der Waals surface area (Å²) in [6.07, 6.45) is 2.21. The van der Waals surface area contributed by atoms with Gasteiger partial charge in [-0.1, -0.05) is 0 Å². The number of aromatic nitrogens is 3. The number of hydrogen-bond donors (Lipinski definition) is 3. The first kappa shape index (κ1) is 25.5. The maximum Gasteiger partial charge on any atom is 0.341 e.